The van der Waals surface area contributed by atoms with Crippen LogP contribution in [-0.4, -0.2) is 46.9 Å². The smallest absolute Gasteiger partial charge is 0.222 e. The predicted octanol–water partition coefficient (Wildman–Crippen LogP) is 1.51. The molecule has 5 heteroatoms. The predicted molar refractivity (Wildman–Crippen MR) is 69.0 cm³/mol. The first-order chi connectivity index (χ1) is 8.19. The lowest BCUT2D eigenvalue weighted by atomic mass is 10.2. The van der Waals surface area contributed by atoms with Crippen molar-refractivity contribution in [2.75, 3.05) is 26.2 Å². The number of hydrogen-bond donors (Lipinski definition) is 0. The lowest BCUT2D eigenvalue weighted by Crippen LogP contribution is -2.48. The zero-order valence-electron chi connectivity index (χ0n) is 10.5. The fourth-order valence-electron chi connectivity index (χ4n) is 2.09. The number of rotatable bonds is 3. The van der Waals surface area contributed by atoms with Gasteiger partial charge in [0, 0.05) is 44.5 Å². The highest BCUT2D eigenvalue weighted by molar-refractivity contribution is 7.09. The van der Waals surface area contributed by atoms with E-state index < -0.39 is 0 Å². The second-order valence-corrected chi connectivity index (χ2v) is 5.43. The summed E-state index contributed by atoms with van der Waals surface area (Å²) < 4.78 is 0. The van der Waals surface area contributed by atoms with Gasteiger partial charge in [0.05, 0.1) is 10.7 Å². The molecule has 1 aliphatic heterocycles. The summed E-state index contributed by atoms with van der Waals surface area (Å²) in [5.41, 5.74) is 1.16. The molecule has 17 heavy (non-hydrogen) atoms. The molecule has 0 radical (unpaired) electrons. The molecule has 4 nitrogen and oxygen atoms in total. The monoisotopic (exact) mass is 253 g/mol. The van der Waals surface area contributed by atoms with Crippen LogP contribution in [0.1, 0.15) is 24.0 Å². The minimum atomic E-state index is 0.272. The van der Waals surface area contributed by atoms with Crippen LogP contribution in [0.2, 0.25) is 0 Å². The van der Waals surface area contributed by atoms with Crippen LogP contribution < -0.4 is 0 Å². The molecule has 2 rings (SSSR count). The molecule has 0 aliphatic carbocycles. The van der Waals surface area contributed by atoms with Gasteiger partial charge in [0.15, 0.2) is 0 Å². The summed E-state index contributed by atoms with van der Waals surface area (Å²) in [6.45, 7) is 8.51. The quantitative estimate of drug-likeness (QED) is 0.819. The van der Waals surface area contributed by atoms with E-state index >= 15 is 0 Å². The largest absolute Gasteiger partial charge is 0.340 e. The SMILES string of the molecule is CCC(=O)N1CCN(Cc2csc(C)n2)CC1. The van der Waals surface area contributed by atoms with E-state index in [0.717, 1.165) is 43.4 Å². The van der Waals surface area contributed by atoms with Crippen molar-refractivity contribution in [1.29, 1.82) is 0 Å². The first kappa shape index (κ1) is 12.5. The third-order valence-corrected chi connectivity index (χ3v) is 3.90. The summed E-state index contributed by atoms with van der Waals surface area (Å²) in [6.07, 6.45) is 0.616. The Morgan fingerprint density at radius 1 is 1.41 bits per heavy atom. The lowest BCUT2D eigenvalue weighted by Gasteiger charge is -2.34. The zero-order chi connectivity index (χ0) is 12.3. The maximum absolute atomic E-state index is 11.5. The average Bonchev–Trinajstić information content (AvgIpc) is 2.75. The third-order valence-electron chi connectivity index (χ3n) is 3.08. The zero-order valence-corrected chi connectivity index (χ0v) is 11.3. The molecule has 0 atom stereocenters. The van der Waals surface area contributed by atoms with Gasteiger partial charge in [0.1, 0.15) is 0 Å². The molecule has 0 N–H and O–H groups in total. The van der Waals surface area contributed by atoms with Crippen LogP contribution in [0.15, 0.2) is 5.38 Å². The Bertz CT molecular complexity index is 383. The number of carbonyl (C=O) groups is 1. The summed E-state index contributed by atoms with van der Waals surface area (Å²) in [5, 5.41) is 3.25. The fourth-order valence-corrected chi connectivity index (χ4v) is 2.69. The van der Waals surface area contributed by atoms with Gasteiger partial charge in [-0.05, 0) is 6.92 Å². The molecule has 1 amide bonds. The topological polar surface area (TPSA) is 36.4 Å². The molecule has 1 aromatic heterocycles. The summed E-state index contributed by atoms with van der Waals surface area (Å²) >= 11 is 1.70. The van der Waals surface area contributed by atoms with Crippen molar-refractivity contribution in [3.05, 3.63) is 16.1 Å². The van der Waals surface area contributed by atoms with Gasteiger partial charge in [-0.3, -0.25) is 9.69 Å². The van der Waals surface area contributed by atoms with Crippen molar-refractivity contribution >= 4 is 17.2 Å². The van der Waals surface area contributed by atoms with Gasteiger partial charge >= 0.3 is 0 Å². The van der Waals surface area contributed by atoms with E-state index in [1.165, 1.54) is 0 Å². The molecule has 2 heterocycles. The second-order valence-electron chi connectivity index (χ2n) is 4.37. The van der Waals surface area contributed by atoms with Crippen LogP contribution in [0, 0.1) is 6.92 Å². The van der Waals surface area contributed by atoms with Gasteiger partial charge in [0.2, 0.25) is 5.91 Å². The minimum absolute atomic E-state index is 0.272. The Labute approximate surface area is 106 Å². The first-order valence-corrected chi connectivity index (χ1v) is 6.98. The van der Waals surface area contributed by atoms with E-state index in [9.17, 15) is 4.79 Å². The number of carbonyl (C=O) groups excluding carboxylic acids is 1. The van der Waals surface area contributed by atoms with Crippen molar-refractivity contribution in [2.24, 2.45) is 0 Å². The van der Waals surface area contributed by atoms with E-state index in [1.54, 1.807) is 11.3 Å². The molecule has 1 aromatic rings. The lowest BCUT2D eigenvalue weighted by molar-refractivity contribution is -0.132. The van der Waals surface area contributed by atoms with Crippen molar-refractivity contribution in [2.45, 2.75) is 26.8 Å². The Morgan fingerprint density at radius 3 is 2.65 bits per heavy atom. The van der Waals surface area contributed by atoms with Gasteiger partial charge in [-0.15, -0.1) is 11.3 Å². The normalized spacial score (nSPS) is 17.4. The summed E-state index contributed by atoms with van der Waals surface area (Å²) in [7, 11) is 0. The first-order valence-electron chi connectivity index (χ1n) is 6.10. The van der Waals surface area contributed by atoms with Crippen LogP contribution in [0.5, 0.6) is 0 Å². The number of piperazine rings is 1. The highest BCUT2D eigenvalue weighted by atomic mass is 32.1. The summed E-state index contributed by atoms with van der Waals surface area (Å²) in [5.74, 6) is 0.272. The maximum Gasteiger partial charge on any atom is 0.222 e. The van der Waals surface area contributed by atoms with E-state index in [-0.39, 0.29) is 5.91 Å². The number of amides is 1. The van der Waals surface area contributed by atoms with Crippen LogP contribution in [-0.2, 0) is 11.3 Å². The van der Waals surface area contributed by atoms with Gasteiger partial charge < -0.3 is 4.90 Å². The Hall–Kier alpha value is -0.940. The highest BCUT2D eigenvalue weighted by Gasteiger charge is 2.20. The Balaban J connectivity index is 1.81. The molecule has 0 bridgehead atoms. The van der Waals surface area contributed by atoms with E-state index in [4.69, 9.17) is 0 Å². The summed E-state index contributed by atoms with van der Waals surface area (Å²) in [6, 6.07) is 0. The molecular formula is C12H19N3OS. The average molecular weight is 253 g/mol. The molecular weight excluding hydrogens is 234 g/mol. The Morgan fingerprint density at radius 2 is 2.12 bits per heavy atom. The molecule has 0 aromatic carbocycles. The van der Waals surface area contributed by atoms with Crippen molar-refractivity contribution in [3.63, 3.8) is 0 Å². The third kappa shape index (κ3) is 3.26. The minimum Gasteiger partial charge on any atom is -0.340 e. The van der Waals surface area contributed by atoms with Crippen LogP contribution >= 0.6 is 11.3 Å². The van der Waals surface area contributed by atoms with Crippen molar-refractivity contribution in [3.8, 4) is 0 Å². The van der Waals surface area contributed by atoms with E-state index in [2.05, 4.69) is 15.3 Å². The molecule has 1 aliphatic rings. The van der Waals surface area contributed by atoms with Crippen molar-refractivity contribution < 1.29 is 4.79 Å². The standard InChI is InChI=1S/C12H19N3OS/c1-3-12(16)15-6-4-14(5-7-15)8-11-9-17-10(2)13-11/h9H,3-8H2,1-2H3. The van der Waals surface area contributed by atoms with Crippen LogP contribution in [0.25, 0.3) is 0 Å². The van der Waals surface area contributed by atoms with Crippen LogP contribution in [0.3, 0.4) is 0 Å². The van der Waals surface area contributed by atoms with Crippen molar-refractivity contribution in [1.82, 2.24) is 14.8 Å². The molecule has 0 spiro atoms. The molecule has 1 saturated heterocycles. The highest BCUT2D eigenvalue weighted by Crippen LogP contribution is 2.12. The van der Waals surface area contributed by atoms with Gasteiger partial charge in [0.25, 0.3) is 0 Å². The number of aromatic nitrogens is 1. The Kier molecular flexibility index (Phi) is 4.12. The molecule has 1 fully saturated rings. The number of nitrogens with zero attached hydrogens (tertiary/aromatic N) is 3. The van der Waals surface area contributed by atoms with Gasteiger partial charge in [-0.25, -0.2) is 4.98 Å². The van der Waals surface area contributed by atoms with Crippen LogP contribution in [0.4, 0.5) is 0 Å². The second kappa shape index (κ2) is 5.60. The molecule has 0 saturated carbocycles. The van der Waals surface area contributed by atoms with E-state index in [1.807, 2.05) is 18.7 Å². The van der Waals surface area contributed by atoms with E-state index in [0.29, 0.717) is 6.42 Å². The number of aryl methyl sites for hydroxylation is 1. The fraction of sp³-hybridized carbons (Fsp3) is 0.667. The van der Waals surface area contributed by atoms with Gasteiger partial charge in [-0.2, -0.15) is 0 Å². The van der Waals surface area contributed by atoms with Gasteiger partial charge in [-0.1, -0.05) is 6.92 Å². The summed E-state index contributed by atoms with van der Waals surface area (Å²) in [4.78, 5) is 20.3. The number of thiazole rings is 1. The maximum atomic E-state index is 11.5. The molecule has 0 unspecified atom stereocenters. The molecule has 94 valence electrons. The number of hydrogen-bond acceptors (Lipinski definition) is 4.